The molecule has 0 N–H and O–H groups in total. The molecule has 0 aliphatic rings. The molecule has 0 aliphatic carbocycles. The minimum atomic E-state index is 0. The van der Waals surface area contributed by atoms with Gasteiger partial charge in [-0.15, -0.1) is 0 Å². The van der Waals surface area contributed by atoms with Gasteiger partial charge in [-0.2, -0.15) is 0 Å². The van der Waals surface area contributed by atoms with Gasteiger partial charge in [-0.05, 0) is 0 Å². The zero-order chi connectivity index (χ0) is 0. The largest absolute Gasteiger partial charge is 6.00 e. The Balaban J connectivity index is 0. The minimum absolute atomic E-state index is 0. The van der Waals surface area contributed by atoms with Gasteiger partial charge in [-0.1, -0.05) is 0 Å². The molecule has 0 heterocycles. The fourth-order valence-electron chi connectivity index (χ4n) is 0. The predicted molar refractivity (Wildman–Crippen MR) is 2.75 cm³/mol. The predicted octanol–water partition coefficient (Wildman–Crippen LogP) is -0.483. The first-order chi connectivity index (χ1) is 0. The van der Waals surface area contributed by atoms with Gasteiger partial charge in [0, 0.05) is 17.1 Å². The normalized spacial score (nSPS) is 0. The molecule has 0 aromatic carbocycles. The standard InChI is InChI=1S/Fe.Mn.4O.W/q;+2;4*-2;+6. The maximum absolute atomic E-state index is 0. The van der Waals surface area contributed by atoms with Crippen molar-refractivity contribution in [2.24, 2.45) is 0 Å². The van der Waals surface area contributed by atoms with Crippen LogP contribution in [0.1, 0.15) is 0 Å². The molecule has 0 saturated heterocycles. The zero-order valence-electron chi connectivity index (χ0n) is 2.77. The Morgan fingerprint density at radius 1 is 0.571 bits per heavy atom. The van der Waals surface area contributed by atoms with E-state index in [1.807, 2.05) is 0 Å². The van der Waals surface area contributed by atoms with Gasteiger partial charge in [0.2, 0.25) is 0 Å². The van der Waals surface area contributed by atoms with Gasteiger partial charge < -0.3 is 21.9 Å². The van der Waals surface area contributed by atoms with Crippen LogP contribution in [0.25, 0.3) is 0 Å². The first kappa shape index (κ1) is 200. The second-order valence-electron chi connectivity index (χ2n) is 0. The van der Waals surface area contributed by atoms with Crippen molar-refractivity contribution >= 4 is 0 Å². The van der Waals surface area contributed by atoms with Crippen LogP contribution < -0.4 is 0 Å². The Morgan fingerprint density at radius 3 is 0.571 bits per heavy atom. The van der Waals surface area contributed by atoms with Gasteiger partial charge in [-0.3, -0.25) is 0 Å². The van der Waals surface area contributed by atoms with Crippen LogP contribution in [-0.2, 0) is 77.1 Å². The molecule has 0 fully saturated rings. The summed E-state index contributed by atoms with van der Waals surface area (Å²) in [6.07, 6.45) is 0. The van der Waals surface area contributed by atoms with Crippen molar-refractivity contribution in [1.82, 2.24) is 0 Å². The van der Waals surface area contributed by atoms with Crippen LogP contribution in [0.4, 0.5) is 0 Å². The van der Waals surface area contributed by atoms with Crippen molar-refractivity contribution in [3.63, 3.8) is 0 Å². The summed E-state index contributed by atoms with van der Waals surface area (Å²) in [6.45, 7) is 0. The molecule has 0 amide bonds. The Morgan fingerprint density at radius 2 is 0.571 bits per heavy atom. The third-order valence-corrected chi connectivity index (χ3v) is 0. The van der Waals surface area contributed by atoms with Crippen LogP contribution in [0.2, 0.25) is 0 Å². The second kappa shape index (κ2) is 133. The monoisotopic (exact) mass is 359 g/mol. The number of hydrogen-bond donors (Lipinski definition) is 0. The van der Waals surface area contributed by atoms with Gasteiger partial charge >= 0.3 is 38.1 Å². The SMILES string of the molecule is [Fe].[Mn+2].[O-2].[O-2].[O-2].[O-2].[W+6]. The third kappa shape index (κ3) is 95.5. The van der Waals surface area contributed by atoms with E-state index < -0.39 is 0 Å². The van der Waals surface area contributed by atoms with Crippen LogP contribution in [-0.4, -0.2) is 0 Å². The molecule has 0 aromatic rings. The Hall–Kier alpha value is 1.57. The molecular formula is FeMnO4W. The summed E-state index contributed by atoms with van der Waals surface area (Å²) < 4.78 is 0. The molecule has 4 nitrogen and oxygen atoms in total. The van der Waals surface area contributed by atoms with E-state index in [-0.39, 0.29) is 77.1 Å². The summed E-state index contributed by atoms with van der Waals surface area (Å²) in [6, 6.07) is 0. The maximum atomic E-state index is 0. The second-order valence-corrected chi connectivity index (χ2v) is 0. The zero-order valence-corrected chi connectivity index (χ0v) is 7.99. The molecular weight excluding hydrogens is 359 g/mol. The van der Waals surface area contributed by atoms with Gasteiger partial charge in [0.1, 0.15) is 0 Å². The Labute approximate surface area is 76.9 Å². The van der Waals surface area contributed by atoms with Crippen molar-refractivity contribution in [1.29, 1.82) is 0 Å². The molecule has 0 atom stereocenters. The topological polar surface area (TPSA) is 114 Å². The van der Waals surface area contributed by atoms with Crippen LogP contribution in [0.5, 0.6) is 0 Å². The van der Waals surface area contributed by atoms with Gasteiger partial charge in [0.25, 0.3) is 0 Å². The van der Waals surface area contributed by atoms with E-state index in [0.29, 0.717) is 0 Å². The third-order valence-electron chi connectivity index (χ3n) is 0. The van der Waals surface area contributed by atoms with Crippen molar-refractivity contribution in [3.05, 3.63) is 0 Å². The van der Waals surface area contributed by atoms with Gasteiger partial charge in [0.05, 0.1) is 0 Å². The van der Waals surface area contributed by atoms with E-state index in [1.54, 1.807) is 0 Å². The van der Waals surface area contributed by atoms with Crippen molar-refractivity contribution in [2.45, 2.75) is 0 Å². The molecule has 7 heteroatoms. The molecule has 0 spiro atoms. The fraction of sp³-hybridized carbons (Fsp3) is 0. The summed E-state index contributed by atoms with van der Waals surface area (Å²) in [5.41, 5.74) is 0. The number of hydrogen-bond acceptors (Lipinski definition) is 0. The summed E-state index contributed by atoms with van der Waals surface area (Å²) in [5.74, 6) is 0. The summed E-state index contributed by atoms with van der Waals surface area (Å²) in [4.78, 5) is 0. The van der Waals surface area contributed by atoms with Crippen molar-refractivity contribution < 1.29 is 77.1 Å². The molecule has 0 unspecified atom stereocenters. The molecule has 0 saturated carbocycles. The van der Waals surface area contributed by atoms with E-state index in [4.69, 9.17) is 0 Å². The van der Waals surface area contributed by atoms with Gasteiger partial charge in [-0.25, -0.2) is 0 Å². The van der Waals surface area contributed by atoms with Crippen LogP contribution >= 0.6 is 0 Å². The summed E-state index contributed by atoms with van der Waals surface area (Å²) in [7, 11) is 0. The minimum Gasteiger partial charge on any atom is -2.00 e. The summed E-state index contributed by atoms with van der Waals surface area (Å²) in [5, 5.41) is 0. The van der Waals surface area contributed by atoms with E-state index in [1.165, 1.54) is 0 Å². The quantitative estimate of drug-likeness (QED) is 0.520. The molecule has 45 valence electrons. The first-order valence-corrected chi connectivity index (χ1v) is 0. The van der Waals surface area contributed by atoms with Crippen molar-refractivity contribution in [3.8, 4) is 0 Å². The fourth-order valence-corrected chi connectivity index (χ4v) is 0. The average molecular weight is 359 g/mol. The molecule has 7 heavy (non-hydrogen) atoms. The van der Waals surface area contributed by atoms with E-state index in [2.05, 4.69) is 0 Å². The Bertz CT molecular complexity index is 11.7. The molecule has 0 aliphatic heterocycles. The van der Waals surface area contributed by atoms with Crippen LogP contribution in [0, 0.1) is 0 Å². The van der Waals surface area contributed by atoms with E-state index in [0.717, 1.165) is 0 Å². The smallest absolute Gasteiger partial charge is 2.00 e. The summed E-state index contributed by atoms with van der Waals surface area (Å²) >= 11 is 0. The van der Waals surface area contributed by atoms with Gasteiger partial charge in [0.15, 0.2) is 0 Å². The van der Waals surface area contributed by atoms with E-state index in [9.17, 15) is 0 Å². The van der Waals surface area contributed by atoms with Crippen LogP contribution in [0.3, 0.4) is 0 Å². The van der Waals surface area contributed by atoms with Crippen molar-refractivity contribution in [2.75, 3.05) is 0 Å². The molecule has 0 bridgehead atoms. The molecule has 0 rings (SSSR count). The van der Waals surface area contributed by atoms with Crippen LogP contribution in [0.15, 0.2) is 0 Å². The number of rotatable bonds is 0. The van der Waals surface area contributed by atoms with E-state index >= 15 is 0 Å². The molecule has 1 radical (unpaired) electrons. The first-order valence-electron chi connectivity index (χ1n) is 0. The maximum Gasteiger partial charge on any atom is 6.00 e. The Kier molecular flexibility index (Phi) is 3790. The molecule has 0 aromatic heterocycles. The average Bonchev–Trinajstić information content (AvgIpc) is 0.